The molecule has 0 bridgehead atoms. The van der Waals surface area contributed by atoms with Crippen molar-refractivity contribution >= 4 is 23.3 Å². The summed E-state index contributed by atoms with van der Waals surface area (Å²) in [6, 6.07) is 5.19. The first-order valence-electron chi connectivity index (χ1n) is 7.93. The van der Waals surface area contributed by atoms with Crippen molar-refractivity contribution in [2.75, 3.05) is 23.7 Å². The number of imide groups is 1. The molecule has 3 N–H and O–H groups in total. The molecule has 0 radical (unpaired) electrons. The average Bonchev–Trinajstić information content (AvgIpc) is 3.16. The lowest BCUT2D eigenvalue weighted by atomic mass is 10.1. The highest BCUT2D eigenvalue weighted by molar-refractivity contribution is 6.23. The SMILES string of the molecule is Nc1c2c(cc(=O)n1-c1cc(F)ccc1N1CCCC1)C(=O)NC2=O. The summed E-state index contributed by atoms with van der Waals surface area (Å²) in [6.07, 6.45) is 2.00. The third-order valence-corrected chi connectivity index (χ3v) is 4.58. The van der Waals surface area contributed by atoms with E-state index in [1.807, 2.05) is 4.90 Å². The minimum atomic E-state index is -0.662. The summed E-state index contributed by atoms with van der Waals surface area (Å²) in [4.78, 5) is 38.4. The fraction of sp³-hybridized carbons (Fsp3) is 0.235. The number of anilines is 2. The van der Waals surface area contributed by atoms with E-state index < -0.39 is 23.2 Å². The highest BCUT2D eigenvalue weighted by atomic mass is 19.1. The molecule has 2 amide bonds. The molecule has 128 valence electrons. The molecule has 4 rings (SSSR count). The normalized spacial score (nSPS) is 16.3. The van der Waals surface area contributed by atoms with Crippen LogP contribution in [0.3, 0.4) is 0 Å². The van der Waals surface area contributed by atoms with Crippen molar-refractivity contribution in [1.82, 2.24) is 9.88 Å². The first-order chi connectivity index (χ1) is 12.0. The number of carbonyl (C=O) groups excluding carboxylic acids is 2. The van der Waals surface area contributed by atoms with Gasteiger partial charge in [0, 0.05) is 25.2 Å². The highest BCUT2D eigenvalue weighted by Gasteiger charge is 2.32. The lowest BCUT2D eigenvalue weighted by Gasteiger charge is -2.23. The van der Waals surface area contributed by atoms with Crippen LogP contribution in [0.4, 0.5) is 15.9 Å². The van der Waals surface area contributed by atoms with Crippen molar-refractivity contribution in [3.63, 3.8) is 0 Å². The van der Waals surface area contributed by atoms with Crippen molar-refractivity contribution in [2.45, 2.75) is 12.8 Å². The number of aromatic nitrogens is 1. The summed E-state index contributed by atoms with van der Waals surface area (Å²) in [5.41, 5.74) is 6.28. The molecule has 2 aromatic rings. The average molecular weight is 342 g/mol. The van der Waals surface area contributed by atoms with Crippen LogP contribution in [0.1, 0.15) is 33.6 Å². The van der Waals surface area contributed by atoms with E-state index in [0.29, 0.717) is 5.69 Å². The van der Waals surface area contributed by atoms with Crippen LogP contribution in [0.15, 0.2) is 29.1 Å². The molecule has 2 aliphatic rings. The fourth-order valence-electron chi connectivity index (χ4n) is 3.43. The number of nitrogens with zero attached hydrogens (tertiary/aromatic N) is 2. The van der Waals surface area contributed by atoms with Gasteiger partial charge in [-0.3, -0.25) is 24.3 Å². The van der Waals surface area contributed by atoms with E-state index in [0.717, 1.165) is 36.6 Å². The molecule has 8 heteroatoms. The number of halogens is 1. The Morgan fingerprint density at radius 1 is 1.00 bits per heavy atom. The maximum absolute atomic E-state index is 13.9. The Hall–Kier alpha value is -3.16. The Morgan fingerprint density at radius 2 is 1.72 bits per heavy atom. The summed E-state index contributed by atoms with van der Waals surface area (Å²) in [7, 11) is 0. The van der Waals surface area contributed by atoms with Crippen molar-refractivity contribution < 1.29 is 14.0 Å². The largest absolute Gasteiger partial charge is 0.384 e. The van der Waals surface area contributed by atoms with E-state index in [-0.39, 0.29) is 22.6 Å². The number of amides is 2. The minimum Gasteiger partial charge on any atom is -0.384 e. The number of nitrogens with two attached hydrogens (primary N) is 1. The van der Waals surface area contributed by atoms with E-state index in [4.69, 9.17) is 5.73 Å². The summed E-state index contributed by atoms with van der Waals surface area (Å²) in [5, 5.41) is 2.12. The molecule has 0 saturated carbocycles. The summed E-state index contributed by atoms with van der Waals surface area (Å²) in [5.74, 6) is -2.01. The van der Waals surface area contributed by atoms with Crippen molar-refractivity contribution in [2.24, 2.45) is 0 Å². The van der Waals surface area contributed by atoms with E-state index in [1.54, 1.807) is 6.07 Å². The van der Waals surface area contributed by atoms with Crippen molar-refractivity contribution in [3.05, 3.63) is 51.6 Å². The van der Waals surface area contributed by atoms with Gasteiger partial charge in [0.25, 0.3) is 17.4 Å². The van der Waals surface area contributed by atoms with Crippen LogP contribution in [-0.4, -0.2) is 29.5 Å². The maximum Gasteiger partial charge on any atom is 0.262 e. The number of hydrogen-bond donors (Lipinski definition) is 2. The number of hydrogen-bond acceptors (Lipinski definition) is 5. The van der Waals surface area contributed by atoms with Crippen LogP contribution < -0.4 is 21.5 Å². The van der Waals surface area contributed by atoms with Crippen molar-refractivity contribution in [3.8, 4) is 5.69 Å². The lowest BCUT2D eigenvalue weighted by molar-refractivity contribution is 0.0880. The van der Waals surface area contributed by atoms with Crippen LogP contribution in [0, 0.1) is 5.82 Å². The first kappa shape index (κ1) is 15.4. The van der Waals surface area contributed by atoms with E-state index in [2.05, 4.69) is 5.32 Å². The predicted octanol–water partition coefficient (Wildman–Crippen LogP) is 1.04. The van der Waals surface area contributed by atoms with Gasteiger partial charge >= 0.3 is 0 Å². The van der Waals surface area contributed by atoms with Crippen LogP contribution in [0.2, 0.25) is 0 Å². The Balaban J connectivity index is 1.99. The van der Waals surface area contributed by atoms with Gasteiger partial charge in [-0.05, 0) is 25.0 Å². The van der Waals surface area contributed by atoms with Gasteiger partial charge in [0.05, 0.1) is 22.5 Å². The Bertz CT molecular complexity index is 977. The van der Waals surface area contributed by atoms with Gasteiger partial charge in [0.15, 0.2) is 0 Å². The van der Waals surface area contributed by atoms with E-state index in [1.165, 1.54) is 12.1 Å². The molecule has 1 aromatic heterocycles. The summed E-state index contributed by atoms with van der Waals surface area (Å²) < 4.78 is 15.0. The molecule has 0 unspecified atom stereocenters. The molecule has 2 aliphatic heterocycles. The quantitative estimate of drug-likeness (QED) is 0.795. The fourth-order valence-corrected chi connectivity index (χ4v) is 3.43. The second-order valence-electron chi connectivity index (χ2n) is 6.10. The Labute approximate surface area is 141 Å². The zero-order chi connectivity index (χ0) is 17.7. The molecule has 25 heavy (non-hydrogen) atoms. The number of fused-ring (bicyclic) bond motifs is 1. The number of nitrogen functional groups attached to an aromatic ring is 1. The maximum atomic E-state index is 13.9. The molecule has 0 spiro atoms. The van der Waals surface area contributed by atoms with Gasteiger partial charge in [-0.25, -0.2) is 4.39 Å². The lowest BCUT2D eigenvalue weighted by Crippen LogP contribution is -2.27. The summed E-state index contributed by atoms with van der Waals surface area (Å²) in [6.45, 7) is 1.58. The smallest absolute Gasteiger partial charge is 0.262 e. The second-order valence-corrected chi connectivity index (χ2v) is 6.10. The van der Waals surface area contributed by atoms with E-state index >= 15 is 0 Å². The molecule has 0 aliphatic carbocycles. The predicted molar refractivity (Wildman–Crippen MR) is 89.7 cm³/mol. The van der Waals surface area contributed by atoms with Gasteiger partial charge < -0.3 is 10.6 Å². The van der Waals surface area contributed by atoms with Gasteiger partial charge in [-0.2, -0.15) is 0 Å². The van der Waals surface area contributed by atoms with Gasteiger partial charge in [0.1, 0.15) is 11.6 Å². The third kappa shape index (κ3) is 2.29. The third-order valence-electron chi connectivity index (χ3n) is 4.58. The van der Waals surface area contributed by atoms with Crippen LogP contribution in [0.25, 0.3) is 5.69 Å². The summed E-state index contributed by atoms with van der Waals surface area (Å²) >= 11 is 0. The van der Waals surface area contributed by atoms with Crippen LogP contribution >= 0.6 is 0 Å². The van der Waals surface area contributed by atoms with Crippen LogP contribution in [-0.2, 0) is 0 Å². The topological polar surface area (TPSA) is 97.4 Å². The molecular formula is C17H15FN4O3. The number of rotatable bonds is 2. The number of nitrogens with one attached hydrogen (secondary N) is 1. The van der Waals surface area contributed by atoms with Gasteiger partial charge in [-0.15, -0.1) is 0 Å². The second kappa shape index (κ2) is 5.44. The van der Waals surface area contributed by atoms with Gasteiger partial charge in [-0.1, -0.05) is 0 Å². The van der Waals surface area contributed by atoms with Crippen molar-refractivity contribution in [1.29, 1.82) is 0 Å². The zero-order valence-electron chi connectivity index (χ0n) is 13.2. The standard InChI is InChI=1S/C17H15FN4O3/c18-9-3-4-11(21-5-1-2-6-21)12(7-9)22-13(23)8-10-14(15(22)19)17(25)20-16(10)24/h3-4,7-8H,1-2,5-6,19H2,(H,20,24,25). The highest BCUT2D eigenvalue weighted by Crippen LogP contribution is 2.31. The van der Waals surface area contributed by atoms with E-state index in [9.17, 15) is 18.8 Å². The zero-order valence-corrected chi connectivity index (χ0v) is 13.2. The Morgan fingerprint density at radius 3 is 2.44 bits per heavy atom. The molecule has 1 aromatic carbocycles. The molecule has 1 fully saturated rings. The molecule has 1 saturated heterocycles. The number of carbonyl (C=O) groups is 2. The molecular weight excluding hydrogens is 327 g/mol. The molecule has 3 heterocycles. The van der Waals surface area contributed by atoms with Gasteiger partial charge in [0.2, 0.25) is 0 Å². The number of benzene rings is 1. The minimum absolute atomic E-state index is 0.0529. The number of pyridine rings is 1. The Kier molecular flexibility index (Phi) is 3.34. The first-order valence-corrected chi connectivity index (χ1v) is 7.93. The van der Waals surface area contributed by atoms with Crippen LogP contribution in [0.5, 0.6) is 0 Å². The molecule has 0 atom stereocenters. The monoisotopic (exact) mass is 342 g/mol. The molecule has 7 nitrogen and oxygen atoms in total.